The molecule has 27 heavy (non-hydrogen) atoms. The Bertz CT molecular complexity index is 928. The predicted molar refractivity (Wildman–Crippen MR) is 104 cm³/mol. The standard InChI is InChI=1S/C21H27N5O/c1-4-25-16(3)19(15(2)22-25)14-24-10-11-26-18(13-24)12-20(23-26)21(27)17-8-6-5-7-9-17/h5-9,12,21,27H,4,10-11,13-14H2,1-3H3. The summed E-state index contributed by atoms with van der Waals surface area (Å²) in [6, 6.07) is 11.8. The highest BCUT2D eigenvalue weighted by atomic mass is 16.3. The van der Waals surface area contributed by atoms with Gasteiger partial charge in [0.25, 0.3) is 0 Å². The first-order valence-electron chi connectivity index (χ1n) is 9.61. The maximum atomic E-state index is 10.6. The van der Waals surface area contributed by atoms with E-state index in [1.165, 1.54) is 11.3 Å². The Morgan fingerprint density at radius 1 is 1.11 bits per heavy atom. The molecule has 0 radical (unpaired) electrons. The Labute approximate surface area is 160 Å². The summed E-state index contributed by atoms with van der Waals surface area (Å²) in [4.78, 5) is 2.44. The lowest BCUT2D eigenvalue weighted by molar-refractivity contribution is 0.200. The minimum absolute atomic E-state index is 0.676. The first-order valence-corrected chi connectivity index (χ1v) is 9.61. The van der Waals surface area contributed by atoms with Gasteiger partial charge in [-0.1, -0.05) is 30.3 Å². The van der Waals surface area contributed by atoms with Gasteiger partial charge in [-0.3, -0.25) is 14.3 Å². The van der Waals surface area contributed by atoms with Crippen molar-refractivity contribution in [3.05, 3.63) is 70.3 Å². The predicted octanol–water partition coefficient (Wildman–Crippen LogP) is 2.81. The van der Waals surface area contributed by atoms with Crippen LogP contribution < -0.4 is 0 Å². The molecule has 6 heteroatoms. The lowest BCUT2D eigenvalue weighted by atomic mass is 10.1. The average Bonchev–Trinajstić information content (AvgIpc) is 3.23. The van der Waals surface area contributed by atoms with Crippen LogP contribution in [-0.4, -0.2) is 36.1 Å². The molecular weight excluding hydrogens is 338 g/mol. The molecular formula is C21H27N5O. The van der Waals surface area contributed by atoms with Crippen LogP contribution in [0.4, 0.5) is 0 Å². The highest BCUT2D eigenvalue weighted by Crippen LogP contribution is 2.25. The number of nitrogens with zero attached hydrogens (tertiary/aromatic N) is 5. The molecule has 1 aliphatic heterocycles. The summed E-state index contributed by atoms with van der Waals surface area (Å²) in [6.45, 7) is 10.8. The summed E-state index contributed by atoms with van der Waals surface area (Å²) >= 11 is 0. The van der Waals surface area contributed by atoms with E-state index >= 15 is 0 Å². The molecule has 3 aromatic rings. The fourth-order valence-corrected chi connectivity index (χ4v) is 3.91. The summed E-state index contributed by atoms with van der Waals surface area (Å²) in [5.41, 5.74) is 6.47. The number of hydrogen-bond donors (Lipinski definition) is 1. The number of hydrogen-bond acceptors (Lipinski definition) is 4. The van der Waals surface area contributed by atoms with Crippen molar-refractivity contribution in [1.82, 2.24) is 24.5 Å². The van der Waals surface area contributed by atoms with Crippen LogP contribution >= 0.6 is 0 Å². The maximum absolute atomic E-state index is 10.6. The number of aromatic nitrogens is 4. The van der Waals surface area contributed by atoms with Gasteiger partial charge in [0.15, 0.2) is 0 Å². The van der Waals surface area contributed by atoms with Crippen molar-refractivity contribution in [2.45, 2.75) is 53.1 Å². The third kappa shape index (κ3) is 3.42. The normalized spacial score (nSPS) is 15.7. The summed E-state index contributed by atoms with van der Waals surface area (Å²) < 4.78 is 4.11. The average molecular weight is 365 g/mol. The quantitative estimate of drug-likeness (QED) is 0.755. The van der Waals surface area contributed by atoms with Crippen LogP contribution in [0.25, 0.3) is 0 Å². The van der Waals surface area contributed by atoms with Crippen LogP contribution in [0.1, 0.15) is 46.9 Å². The van der Waals surface area contributed by atoms with E-state index in [0.717, 1.165) is 55.4 Å². The fraction of sp³-hybridized carbons (Fsp3) is 0.429. The molecule has 0 fully saturated rings. The Kier molecular flexibility index (Phi) is 4.85. The van der Waals surface area contributed by atoms with Gasteiger partial charge in [-0.2, -0.15) is 10.2 Å². The van der Waals surface area contributed by atoms with Crippen molar-refractivity contribution in [2.75, 3.05) is 6.54 Å². The van der Waals surface area contributed by atoms with Crippen molar-refractivity contribution in [3.8, 4) is 0 Å². The van der Waals surface area contributed by atoms with E-state index in [-0.39, 0.29) is 0 Å². The first kappa shape index (κ1) is 17.9. The third-order valence-electron chi connectivity index (χ3n) is 5.50. The van der Waals surface area contributed by atoms with Crippen molar-refractivity contribution in [2.24, 2.45) is 0 Å². The number of rotatable bonds is 5. The van der Waals surface area contributed by atoms with Gasteiger partial charge in [0.1, 0.15) is 6.10 Å². The molecule has 1 unspecified atom stereocenters. The molecule has 1 atom stereocenters. The van der Waals surface area contributed by atoms with E-state index in [9.17, 15) is 5.11 Å². The van der Waals surface area contributed by atoms with Gasteiger partial charge in [0, 0.05) is 37.4 Å². The Morgan fingerprint density at radius 3 is 2.59 bits per heavy atom. The summed E-state index contributed by atoms with van der Waals surface area (Å²) in [7, 11) is 0. The molecule has 0 aliphatic carbocycles. The number of fused-ring (bicyclic) bond motifs is 1. The molecule has 0 spiro atoms. The van der Waals surface area contributed by atoms with Crippen LogP contribution in [0.15, 0.2) is 36.4 Å². The highest BCUT2D eigenvalue weighted by molar-refractivity contribution is 5.28. The van der Waals surface area contributed by atoms with Crippen LogP contribution in [0, 0.1) is 13.8 Å². The first-order chi connectivity index (χ1) is 13.1. The zero-order valence-corrected chi connectivity index (χ0v) is 16.3. The molecule has 3 heterocycles. The molecule has 0 saturated carbocycles. The molecule has 1 N–H and O–H groups in total. The minimum atomic E-state index is -0.676. The Balaban J connectivity index is 1.51. The van der Waals surface area contributed by atoms with E-state index in [1.807, 2.05) is 41.1 Å². The summed E-state index contributed by atoms with van der Waals surface area (Å²) in [5.74, 6) is 0. The van der Waals surface area contributed by atoms with Gasteiger partial charge < -0.3 is 5.11 Å². The molecule has 142 valence electrons. The molecule has 1 aromatic carbocycles. The number of aliphatic hydroxyl groups is 1. The molecule has 4 rings (SSSR count). The molecule has 0 bridgehead atoms. The van der Waals surface area contributed by atoms with E-state index < -0.39 is 6.10 Å². The molecule has 1 aliphatic rings. The largest absolute Gasteiger partial charge is 0.382 e. The van der Waals surface area contributed by atoms with Gasteiger partial charge in [0.05, 0.1) is 23.6 Å². The molecule has 6 nitrogen and oxygen atoms in total. The SMILES string of the molecule is CCn1nc(C)c(CN2CCn3nc(C(O)c4ccccc4)cc3C2)c1C. The van der Waals surface area contributed by atoms with Gasteiger partial charge in [0.2, 0.25) is 0 Å². The van der Waals surface area contributed by atoms with E-state index in [0.29, 0.717) is 0 Å². The number of benzene rings is 1. The van der Waals surface area contributed by atoms with E-state index in [4.69, 9.17) is 0 Å². The zero-order chi connectivity index (χ0) is 19.0. The summed E-state index contributed by atoms with van der Waals surface area (Å²) in [6.07, 6.45) is -0.676. The van der Waals surface area contributed by atoms with Crippen LogP contribution in [0.3, 0.4) is 0 Å². The maximum Gasteiger partial charge on any atom is 0.123 e. The minimum Gasteiger partial charge on any atom is -0.382 e. The van der Waals surface area contributed by atoms with Crippen molar-refractivity contribution < 1.29 is 5.11 Å². The lowest BCUT2D eigenvalue weighted by Crippen LogP contribution is -2.33. The smallest absolute Gasteiger partial charge is 0.123 e. The van der Waals surface area contributed by atoms with E-state index in [2.05, 4.69) is 40.6 Å². The number of aryl methyl sites for hydroxylation is 2. The third-order valence-corrected chi connectivity index (χ3v) is 5.50. The van der Waals surface area contributed by atoms with Crippen molar-refractivity contribution >= 4 is 0 Å². The Morgan fingerprint density at radius 2 is 1.89 bits per heavy atom. The van der Waals surface area contributed by atoms with Crippen LogP contribution in [0.2, 0.25) is 0 Å². The second-order valence-corrected chi connectivity index (χ2v) is 7.27. The molecule has 2 aromatic heterocycles. The fourth-order valence-electron chi connectivity index (χ4n) is 3.91. The van der Waals surface area contributed by atoms with Gasteiger partial charge >= 0.3 is 0 Å². The monoisotopic (exact) mass is 365 g/mol. The van der Waals surface area contributed by atoms with Crippen molar-refractivity contribution in [3.63, 3.8) is 0 Å². The molecule has 0 amide bonds. The topological polar surface area (TPSA) is 59.1 Å². The zero-order valence-electron chi connectivity index (χ0n) is 16.3. The van der Waals surface area contributed by atoms with Crippen LogP contribution in [-0.2, 0) is 26.2 Å². The van der Waals surface area contributed by atoms with E-state index in [1.54, 1.807) is 0 Å². The summed E-state index contributed by atoms with van der Waals surface area (Å²) in [5, 5.41) is 19.9. The van der Waals surface area contributed by atoms with Crippen molar-refractivity contribution in [1.29, 1.82) is 0 Å². The highest BCUT2D eigenvalue weighted by Gasteiger charge is 2.23. The second-order valence-electron chi connectivity index (χ2n) is 7.27. The van der Waals surface area contributed by atoms with Gasteiger partial charge in [-0.15, -0.1) is 0 Å². The Hall–Kier alpha value is -2.44. The van der Waals surface area contributed by atoms with Crippen LogP contribution in [0.5, 0.6) is 0 Å². The number of aliphatic hydroxyl groups excluding tert-OH is 1. The second kappa shape index (κ2) is 7.29. The lowest BCUT2D eigenvalue weighted by Gasteiger charge is -2.27. The molecule has 0 saturated heterocycles. The van der Waals surface area contributed by atoms with Gasteiger partial charge in [-0.25, -0.2) is 0 Å². The van der Waals surface area contributed by atoms with Gasteiger partial charge in [-0.05, 0) is 32.4 Å².